The molecule has 2 N–H and O–H groups in total. The van der Waals surface area contributed by atoms with E-state index in [9.17, 15) is 15.0 Å². The molecule has 3 nitrogen and oxygen atoms in total. The number of benzene rings is 3. The Balaban J connectivity index is 2.25. The van der Waals surface area contributed by atoms with E-state index in [1.54, 1.807) is 30.3 Å². The van der Waals surface area contributed by atoms with Crippen LogP contribution in [-0.2, 0) is 0 Å². The van der Waals surface area contributed by atoms with Gasteiger partial charge in [0.1, 0.15) is 5.75 Å². The highest BCUT2D eigenvalue weighted by atomic mass is 16.4. The van der Waals surface area contributed by atoms with Gasteiger partial charge < -0.3 is 10.2 Å². The number of carboxylic acids is 1. The summed E-state index contributed by atoms with van der Waals surface area (Å²) in [6, 6.07) is 18.3. The van der Waals surface area contributed by atoms with Gasteiger partial charge in [-0.05, 0) is 34.5 Å². The zero-order chi connectivity index (χ0) is 15.7. The summed E-state index contributed by atoms with van der Waals surface area (Å²) in [6.45, 7) is 2.01. The minimum atomic E-state index is -0.969. The Morgan fingerprint density at radius 1 is 1.00 bits per heavy atom. The largest absolute Gasteiger partial charge is 0.508 e. The van der Waals surface area contributed by atoms with Gasteiger partial charge in [0.05, 0.1) is 5.56 Å². The average Bonchev–Trinajstić information content (AvgIpc) is 2.54. The number of carboxylic acid groups (broad SMARTS) is 1. The van der Waals surface area contributed by atoms with Gasteiger partial charge in [-0.15, -0.1) is 0 Å². The van der Waals surface area contributed by atoms with Crippen molar-refractivity contribution in [3.8, 4) is 5.75 Å². The quantitative estimate of drug-likeness (QED) is 0.752. The fourth-order valence-corrected chi connectivity index (χ4v) is 2.83. The lowest BCUT2D eigenvalue weighted by atomic mass is 9.88. The van der Waals surface area contributed by atoms with Crippen LogP contribution < -0.4 is 0 Å². The first kappa shape index (κ1) is 14.1. The highest BCUT2D eigenvalue weighted by molar-refractivity contribution is 5.96. The van der Waals surface area contributed by atoms with E-state index in [1.807, 2.05) is 37.3 Å². The molecule has 22 heavy (non-hydrogen) atoms. The Bertz CT molecular complexity index is 838. The van der Waals surface area contributed by atoms with Crippen LogP contribution >= 0.6 is 0 Å². The molecular weight excluding hydrogens is 276 g/mol. The summed E-state index contributed by atoms with van der Waals surface area (Å²) in [7, 11) is 0. The van der Waals surface area contributed by atoms with Gasteiger partial charge in [0, 0.05) is 11.5 Å². The zero-order valence-electron chi connectivity index (χ0n) is 12.2. The number of carbonyl (C=O) groups is 1. The van der Waals surface area contributed by atoms with Crippen molar-refractivity contribution in [3.63, 3.8) is 0 Å². The second-order valence-electron chi connectivity index (χ2n) is 5.37. The van der Waals surface area contributed by atoms with E-state index in [1.165, 1.54) is 0 Å². The SMILES string of the molecule is CC(c1ccccc1)c1c(O)ccc2ccc(C(=O)O)cc12. The summed E-state index contributed by atoms with van der Waals surface area (Å²) in [5.74, 6) is -0.816. The predicted molar refractivity (Wildman–Crippen MR) is 86.5 cm³/mol. The average molecular weight is 292 g/mol. The summed E-state index contributed by atoms with van der Waals surface area (Å²) in [5, 5.41) is 21.2. The first-order valence-electron chi connectivity index (χ1n) is 7.12. The van der Waals surface area contributed by atoms with Crippen molar-refractivity contribution in [2.45, 2.75) is 12.8 Å². The van der Waals surface area contributed by atoms with Crippen LogP contribution in [0, 0.1) is 0 Å². The van der Waals surface area contributed by atoms with Crippen molar-refractivity contribution in [1.29, 1.82) is 0 Å². The Morgan fingerprint density at radius 3 is 2.36 bits per heavy atom. The molecule has 110 valence electrons. The number of phenols is 1. The number of phenolic OH excluding ortho intramolecular Hbond substituents is 1. The van der Waals surface area contributed by atoms with Gasteiger partial charge in [0.15, 0.2) is 0 Å². The summed E-state index contributed by atoms with van der Waals surface area (Å²) in [5.41, 5.74) is 2.05. The van der Waals surface area contributed by atoms with Crippen molar-refractivity contribution in [2.75, 3.05) is 0 Å². The molecule has 0 saturated heterocycles. The third-order valence-electron chi connectivity index (χ3n) is 4.02. The van der Waals surface area contributed by atoms with E-state index in [0.717, 1.165) is 21.9 Å². The molecule has 3 aromatic rings. The molecule has 0 aromatic heterocycles. The molecule has 1 atom stereocenters. The monoisotopic (exact) mass is 292 g/mol. The molecule has 3 aromatic carbocycles. The number of hydrogen-bond acceptors (Lipinski definition) is 2. The molecule has 3 rings (SSSR count). The maximum absolute atomic E-state index is 11.2. The predicted octanol–water partition coefficient (Wildman–Crippen LogP) is 4.40. The molecule has 3 heteroatoms. The maximum Gasteiger partial charge on any atom is 0.335 e. The Morgan fingerprint density at radius 2 is 1.68 bits per heavy atom. The first-order valence-corrected chi connectivity index (χ1v) is 7.12. The highest BCUT2D eigenvalue weighted by Crippen LogP contribution is 2.37. The van der Waals surface area contributed by atoms with Gasteiger partial charge in [-0.3, -0.25) is 0 Å². The van der Waals surface area contributed by atoms with E-state index in [0.29, 0.717) is 0 Å². The topological polar surface area (TPSA) is 57.5 Å². The van der Waals surface area contributed by atoms with Crippen LogP contribution in [0.3, 0.4) is 0 Å². The fourth-order valence-electron chi connectivity index (χ4n) is 2.83. The van der Waals surface area contributed by atoms with Gasteiger partial charge in [0.2, 0.25) is 0 Å². The van der Waals surface area contributed by atoms with E-state index >= 15 is 0 Å². The van der Waals surface area contributed by atoms with Crippen LogP contribution in [-0.4, -0.2) is 16.2 Å². The lowest BCUT2D eigenvalue weighted by Gasteiger charge is -2.17. The molecular formula is C19H16O3. The molecule has 0 aliphatic rings. The molecule has 0 amide bonds. The third-order valence-corrected chi connectivity index (χ3v) is 4.02. The smallest absolute Gasteiger partial charge is 0.335 e. The van der Waals surface area contributed by atoms with E-state index in [2.05, 4.69) is 0 Å². The van der Waals surface area contributed by atoms with Crippen molar-refractivity contribution < 1.29 is 15.0 Å². The Kier molecular flexibility index (Phi) is 3.55. The number of aromatic carboxylic acids is 1. The summed E-state index contributed by atoms with van der Waals surface area (Å²) < 4.78 is 0. The van der Waals surface area contributed by atoms with Gasteiger partial charge in [-0.2, -0.15) is 0 Å². The van der Waals surface area contributed by atoms with Gasteiger partial charge in [0.25, 0.3) is 0 Å². The third kappa shape index (κ3) is 2.42. The van der Waals surface area contributed by atoms with E-state index < -0.39 is 5.97 Å². The lowest BCUT2D eigenvalue weighted by Crippen LogP contribution is -2.00. The molecule has 1 unspecified atom stereocenters. The summed E-state index contributed by atoms with van der Waals surface area (Å²) >= 11 is 0. The number of hydrogen-bond donors (Lipinski definition) is 2. The van der Waals surface area contributed by atoms with Gasteiger partial charge >= 0.3 is 5.97 Å². The lowest BCUT2D eigenvalue weighted by molar-refractivity contribution is 0.0697. The fraction of sp³-hybridized carbons (Fsp3) is 0.105. The standard InChI is InChI=1S/C19H16O3/c1-12(13-5-3-2-4-6-13)18-16-11-15(19(21)22)8-7-14(16)9-10-17(18)20/h2-12,20H,1H3,(H,21,22). The number of rotatable bonds is 3. The molecule has 0 radical (unpaired) electrons. The summed E-state index contributed by atoms with van der Waals surface area (Å²) in [4.78, 5) is 11.2. The van der Waals surface area contributed by atoms with E-state index in [-0.39, 0.29) is 17.2 Å². The second-order valence-corrected chi connectivity index (χ2v) is 5.37. The zero-order valence-corrected chi connectivity index (χ0v) is 12.2. The van der Waals surface area contributed by atoms with Crippen molar-refractivity contribution in [3.05, 3.63) is 77.4 Å². The number of fused-ring (bicyclic) bond motifs is 1. The molecule has 0 saturated carbocycles. The van der Waals surface area contributed by atoms with Crippen LogP contribution in [0.5, 0.6) is 5.75 Å². The van der Waals surface area contributed by atoms with Crippen LogP contribution in [0.1, 0.15) is 34.3 Å². The minimum absolute atomic E-state index is 0.0334. The Hall–Kier alpha value is -2.81. The van der Waals surface area contributed by atoms with Gasteiger partial charge in [-0.25, -0.2) is 4.79 Å². The molecule has 0 bridgehead atoms. The number of aromatic hydroxyl groups is 1. The van der Waals surface area contributed by atoms with Crippen molar-refractivity contribution >= 4 is 16.7 Å². The second kappa shape index (κ2) is 5.53. The minimum Gasteiger partial charge on any atom is -0.508 e. The Labute approximate surface area is 128 Å². The van der Waals surface area contributed by atoms with E-state index in [4.69, 9.17) is 0 Å². The van der Waals surface area contributed by atoms with Crippen LogP contribution in [0.25, 0.3) is 10.8 Å². The van der Waals surface area contributed by atoms with Crippen molar-refractivity contribution in [2.24, 2.45) is 0 Å². The molecule has 0 fully saturated rings. The normalized spacial score (nSPS) is 12.2. The summed E-state index contributed by atoms with van der Waals surface area (Å²) in [6.07, 6.45) is 0. The van der Waals surface area contributed by atoms with Crippen molar-refractivity contribution in [1.82, 2.24) is 0 Å². The molecule has 0 heterocycles. The maximum atomic E-state index is 11.2. The van der Waals surface area contributed by atoms with Gasteiger partial charge in [-0.1, -0.05) is 49.4 Å². The van der Waals surface area contributed by atoms with Crippen LogP contribution in [0.4, 0.5) is 0 Å². The highest BCUT2D eigenvalue weighted by Gasteiger charge is 2.17. The molecule has 0 aliphatic carbocycles. The van der Waals surface area contributed by atoms with Crippen LogP contribution in [0.15, 0.2) is 60.7 Å². The first-order chi connectivity index (χ1) is 10.6. The van der Waals surface area contributed by atoms with Crippen LogP contribution in [0.2, 0.25) is 0 Å². The molecule has 0 spiro atoms. The molecule has 0 aliphatic heterocycles.